The van der Waals surface area contributed by atoms with Crippen molar-refractivity contribution >= 4 is 12.1 Å². The molecule has 0 spiro atoms. The zero-order valence-electron chi connectivity index (χ0n) is 8.92. The maximum absolute atomic E-state index is 11.1. The van der Waals surface area contributed by atoms with Crippen LogP contribution in [-0.4, -0.2) is 23.7 Å². The minimum Gasteiger partial charge on any atom is -0.548 e. The van der Waals surface area contributed by atoms with Crippen LogP contribution in [0.25, 0.3) is 0 Å². The molecule has 0 aromatic rings. The van der Waals surface area contributed by atoms with Gasteiger partial charge in [-0.05, 0) is 27.2 Å². The zero-order chi connectivity index (χ0) is 11.4. The zero-order valence-corrected chi connectivity index (χ0v) is 8.92. The molecule has 0 aliphatic carbocycles. The van der Waals surface area contributed by atoms with E-state index >= 15 is 0 Å². The molecule has 0 aliphatic heterocycles. The number of hydrogen-bond donors (Lipinski definition) is 1. The second-order valence-electron chi connectivity index (χ2n) is 3.93. The lowest BCUT2D eigenvalue weighted by molar-refractivity contribution is -0.308. The molecule has 0 radical (unpaired) electrons. The summed E-state index contributed by atoms with van der Waals surface area (Å²) in [5, 5.41) is 12.6. The van der Waals surface area contributed by atoms with Gasteiger partial charge in [0, 0.05) is 0 Å². The van der Waals surface area contributed by atoms with E-state index in [0.717, 1.165) is 0 Å². The Morgan fingerprint density at radius 2 is 1.93 bits per heavy atom. The van der Waals surface area contributed by atoms with E-state index in [2.05, 4.69) is 5.32 Å². The first-order valence-corrected chi connectivity index (χ1v) is 4.46. The van der Waals surface area contributed by atoms with E-state index in [4.69, 9.17) is 4.74 Å². The van der Waals surface area contributed by atoms with Crippen LogP contribution in [0.2, 0.25) is 0 Å². The molecule has 0 bridgehead atoms. The second kappa shape index (κ2) is 4.83. The van der Waals surface area contributed by atoms with Crippen LogP contribution in [-0.2, 0) is 9.53 Å². The highest BCUT2D eigenvalue weighted by molar-refractivity contribution is 5.78. The first kappa shape index (κ1) is 12.7. The van der Waals surface area contributed by atoms with E-state index in [0.29, 0.717) is 0 Å². The second-order valence-corrected chi connectivity index (χ2v) is 3.93. The number of carboxylic acid groups (broad SMARTS) is 1. The van der Waals surface area contributed by atoms with Crippen LogP contribution < -0.4 is 10.4 Å². The standard InChI is InChI=1S/C9H17NO4/c1-5-6(7(11)12)10-8(13)14-9(2,3)4/h6H,5H2,1-4H3,(H,10,13)(H,11,12)/p-1/t6-/m0/s1. The molecule has 0 fully saturated rings. The normalized spacial score (nSPS) is 13.1. The average molecular weight is 202 g/mol. The van der Waals surface area contributed by atoms with Crippen LogP contribution in [0.3, 0.4) is 0 Å². The van der Waals surface area contributed by atoms with E-state index < -0.39 is 23.7 Å². The van der Waals surface area contributed by atoms with Crippen molar-refractivity contribution in [3.05, 3.63) is 0 Å². The molecule has 82 valence electrons. The van der Waals surface area contributed by atoms with Crippen LogP contribution in [0.5, 0.6) is 0 Å². The molecule has 0 unspecified atom stereocenters. The molecular formula is C9H16NO4-. The molecule has 0 rings (SSSR count). The van der Waals surface area contributed by atoms with Crippen molar-refractivity contribution < 1.29 is 19.4 Å². The van der Waals surface area contributed by atoms with Gasteiger partial charge in [0.1, 0.15) is 5.60 Å². The summed E-state index contributed by atoms with van der Waals surface area (Å²) in [6, 6.07) is -0.996. The van der Waals surface area contributed by atoms with Crippen LogP contribution in [0, 0.1) is 0 Å². The maximum atomic E-state index is 11.1. The molecule has 0 saturated carbocycles. The summed E-state index contributed by atoms with van der Waals surface area (Å²) in [5.74, 6) is -1.31. The van der Waals surface area contributed by atoms with E-state index in [9.17, 15) is 14.7 Å². The fourth-order valence-corrected chi connectivity index (χ4v) is 0.777. The van der Waals surface area contributed by atoms with Crippen molar-refractivity contribution in [2.75, 3.05) is 0 Å². The number of rotatable bonds is 3. The highest BCUT2D eigenvalue weighted by atomic mass is 16.6. The molecule has 0 aromatic heterocycles. The Balaban J connectivity index is 4.11. The Labute approximate surface area is 83.4 Å². The molecule has 1 N–H and O–H groups in total. The first-order chi connectivity index (χ1) is 6.26. The molecule has 5 heteroatoms. The summed E-state index contributed by atoms with van der Waals surface area (Å²) >= 11 is 0. The predicted octanol–water partition coefficient (Wildman–Crippen LogP) is 0.0396. The molecule has 0 heterocycles. The topological polar surface area (TPSA) is 78.5 Å². The lowest BCUT2D eigenvalue weighted by Gasteiger charge is -2.23. The smallest absolute Gasteiger partial charge is 0.408 e. The predicted molar refractivity (Wildman–Crippen MR) is 48.5 cm³/mol. The van der Waals surface area contributed by atoms with Gasteiger partial charge in [-0.3, -0.25) is 0 Å². The molecule has 0 saturated heterocycles. The fraction of sp³-hybridized carbons (Fsp3) is 0.778. The van der Waals surface area contributed by atoms with Gasteiger partial charge in [-0.25, -0.2) is 4.79 Å². The Kier molecular flexibility index (Phi) is 4.40. The minimum atomic E-state index is -1.31. The van der Waals surface area contributed by atoms with Crippen molar-refractivity contribution in [1.82, 2.24) is 5.32 Å². The minimum absolute atomic E-state index is 0.265. The quantitative estimate of drug-likeness (QED) is 0.700. The van der Waals surface area contributed by atoms with Crippen LogP contribution in [0.15, 0.2) is 0 Å². The Morgan fingerprint density at radius 3 is 2.21 bits per heavy atom. The van der Waals surface area contributed by atoms with E-state index in [1.807, 2.05) is 0 Å². The van der Waals surface area contributed by atoms with Gasteiger partial charge in [0.15, 0.2) is 0 Å². The first-order valence-electron chi connectivity index (χ1n) is 4.46. The lowest BCUT2D eigenvalue weighted by Crippen LogP contribution is -2.48. The largest absolute Gasteiger partial charge is 0.548 e. The number of hydrogen-bond acceptors (Lipinski definition) is 4. The third kappa shape index (κ3) is 5.40. The summed E-state index contributed by atoms with van der Waals surface area (Å²) in [4.78, 5) is 21.6. The third-order valence-corrected chi connectivity index (χ3v) is 1.38. The molecule has 0 aliphatic rings. The number of ether oxygens (including phenoxy) is 1. The van der Waals surface area contributed by atoms with Crippen molar-refractivity contribution in [3.63, 3.8) is 0 Å². The summed E-state index contributed by atoms with van der Waals surface area (Å²) in [6.45, 7) is 6.74. The SMILES string of the molecule is CC[C@H](NC(=O)OC(C)(C)C)C(=O)[O-]. The number of nitrogens with one attached hydrogen (secondary N) is 1. The van der Waals surface area contributed by atoms with Gasteiger partial charge in [0.2, 0.25) is 0 Å². The van der Waals surface area contributed by atoms with E-state index in [-0.39, 0.29) is 6.42 Å². The summed E-state index contributed by atoms with van der Waals surface area (Å²) in [6.07, 6.45) is -0.477. The monoisotopic (exact) mass is 202 g/mol. The highest BCUT2D eigenvalue weighted by Gasteiger charge is 2.18. The van der Waals surface area contributed by atoms with E-state index in [1.54, 1.807) is 27.7 Å². The van der Waals surface area contributed by atoms with Gasteiger partial charge < -0.3 is 20.0 Å². The number of carbonyl (C=O) groups excluding carboxylic acids is 2. The molecule has 1 amide bonds. The number of amides is 1. The van der Waals surface area contributed by atoms with Gasteiger partial charge in [0.05, 0.1) is 12.0 Å². The van der Waals surface area contributed by atoms with Crippen molar-refractivity contribution in [2.24, 2.45) is 0 Å². The Hall–Kier alpha value is -1.26. The maximum Gasteiger partial charge on any atom is 0.408 e. The van der Waals surface area contributed by atoms with Crippen molar-refractivity contribution in [3.8, 4) is 0 Å². The Morgan fingerprint density at radius 1 is 1.43 bits per heavy atom. The van der Waals surface area contributed by atoms with Crippen LogP contribution in [0.4, 0.5) is 4.79 Å². The summed E-state index contributed by atoms with van der Waals surface area (Å²) < 4.78 is 4.88. The molecule has 5 nitrogen and oxygen atoms in total. The third-order valence-electron chi connectivity index (χ3n) is 1.38. The average Bonchev–Trinajstić information content (AvgIpc) is 1.96. The number of carboxylic acids is 1. The van der Waals surface area contributed by atoms with Crippen LogP contribution in [0.1, 0.15) is 34.1 Å². The molecule has 0 aromatic carbocycles. The lowest BCUT2D eigenvalue weighted by atomic mass is 10.2. The molecule has 1 atom stereocenters. The van der Waals surface area contributed by atoms with Gasteiger partial charge in [-0.15, -0.1) is 0 Å². The van der Waals surface area contributed by atoms with Gasteiger partial charge in [-0.2, -0.15) is 0 Å². The fourth-order valence-electron chi connectivity index (χ4n) is 0.777. The molecular weight excluding hydrogens is 186 g/mol. The van der Waals surface area contributed by atoms with Gasteiger partial charge >= 0.3 is 6.09 Å². The number of alkyl carbamates (subject to hydrolysis) is 1. The number of carbonyl (C=O) groups is 2. The van der Waals surface area contributed by atoms with Gasteiger partial charge in [0.25, 0.3) is 0 Å². The summed E-state index contributed by atoms with van der Waals surface area (Å²) in [5.41, 5.74) is -0.631. The number of aliphatic carboxylic acids is 1. The Bertz CT molecular complexity index is 219. The molecule has 14 heavy (non-hydrogen) atoms. The van der Waals surface area contributed by atoms with Crippen LogP contribution >= 0.6 is 0 Å². The van der Waals surface area contributed by atoms with Crippen molar-refractivity contribution in [2.45, 2.75) is 45.8 Å². The summed E-state index contributed by atoms with van der Waals surface area (Å²) in [7, 11) is 0. The van der Waals surface area contributed by atoms with Crippen molar-refractivity contribution in [1.29, 1.82) is 0 Å². The van der Waals surface area contributed by atoms with E-state index in [1.165, 1.54) is 0 Å². The highest BCUT2D eigenvalue weighted by Crippen LogP contribution is 2.06. The van der Waals surface area contributed by atoms with Gasteiger partial charge in [-0.1, -0.05) is 6.92 Å².